The number of nitrogens with one attached hydrogen (secondary N) is 3. The minimum absolute atomic E-state index is 0. The quantitative estimate of drug-likeness (QED) is 0.0560. The van der Waals surface area contributed by atoms with Crippen molar-refractivity contribution >= 4 is 82.8 Å². The Labute approximate surface area is 378 Å². The molecule has 20 heteroatoms. The van der Waals surface area contributed by atoms with E-state index >= 15 is 0 Å². The van der Waals surface area contributed by atoms with E-state index in [2.05, 4.69) is 30.0 Å². The number of aromatic nitrogens is 4. The van der Waals surface area contributed by atoms with Crippen LogP contribution in [0.1, 0.15) is 99.1 Å². The van der Waals surface area contributed by atoms with Crippen LogP contribution in [0, 0.1) is 11.8 Å². The molecule has 4 aliphatic rings. The third kappa shape index (κ3) is 13.2. The second kappa shape index (κ2) is 20.2. The highest BCUT2D eigenvalue weighted by molar-refractivity contribution is 8.93. The molecule has 4 aromatic rings. The van der Waals surface area contributed by atoms with Crippen LogP contribution in [-0.4, -0.2) is 111 Å². The number of piperidine rings is 2. The first kappa shape index (κ1) is 49.0. The Morgan fingerprint density at radius 1 is 0.683 bits per heavy atom. The molecule has 4 aromatic heterocycles. The Kier molecular flexibility index (Phi) is 15.7. The maximum absolute atomic E-state index is 12.3. The van der Waals surface area contributed by atoms with Gasteiger partial charge < -0.3 is 58.5 Å². The first-order chi connectivity index (χ1) is 29.1. The van der Waals surface area contributed by atoms with Gasteiger partial charge in [0.05, 0.1) is 12.4 Å². The number of ether oxygens (including phenoxy) is 4. The molecule has 8 rings (SSSR count). The zero-order valence-corrected chi connectivity index (χ0v) is 39.1. The molecule has 17 nitrogen and oxygen atoms in total. The topological polar surface area (TPSA) is 220 Å². The van der Waals surface area contributed by atoms with Crippen LogP contribution in [0.15, 0.2) is 48.9 Å². The molecule has 340 valence electrons. The minimum atomic E-state index is -1.06. The molecule has 2 saturated heterocycles. The molecule has 0 saturated carbocycles. The van der Waals surface area contributed by atoms with Crippen molar-refractivity contribution in [2.75, 3.05) is 26.2 Å². The van der Waals surface area contributed by atoms with Crippen molar-refractivity contribution < 1.29 is 52.7 Å². The van der Waals surface area contributed by atoms with Gasteiger partial charge in [-0.25, -0.2) is 24.4 Å². The number of pyridine rings is 2. The van der Waals surface area contributed by atoms with Crippen molar-refractivity contribution in [3.63, 3.8) is 0 Å². The molecule has 0 atom stereocenters. The van der Waals surface area contributed by atoms with E-state index in [-0.39, 0.29) is 29.0 Å². The van der Waals surface area contributed by atoms with Gasteiger partial charge in [0.2, 0.25) is 0 Å². The third-order valence-corrected chi connectivity index (χ3v) is 10.1. The maximum atomic E-state index is 12.3. The number of likely N-dealkylation sites (tertiary alicyclic amines) is 1. The fourth-order valence-corrected chi connectivity index (χ4v) is 7.68. The molecular formula is C43H59B2BrN6O11. The number of allylic oxidation sites excluding steroid dienone is 2. The van der Waals surface area contributed by atoms with Crippen LogP contribution in [0.2, 0.25) is 0 Å². The van der Waals surface area contributed by atoms with Gasteiger partial charge in [0.25, 0.3) is 0 Å². The van der Waals surface area contributed by atoms with E-state index < -0.39 is 43.4 Å². The van der Waals surface area contributed by atoms with Crippen molar-refractivity contribution in [3.8, 4) is 11.5 Å². The molecular weight excluding hydrogens is 878 g/mol. The fraction of sp³-hybridized carbons (Fsp3) is 0.512. The van der Waals surface area contributed by atoms with Crippen LogP contribution in [0.4, 0.5) is 14.4 Å². The van der Waals surface area contributed by atoms with Crippen LogP contribution in [-0.2, 0) is 18.9 Å². The van der Waals surface area contributed by atoms with Gasteiger partial charge in [-0.05, 0) is 148 Å². The largest absolute Gasteiger partial charge is 0.552 e. The number of nitrogens with zero attached hydrogens (tertiary/aromatic N) is 3. The van der Waals surface area contributed by atoms with E-state index in [0.717, 1.165) is 77.5 Å². The Balaban J connectivity index is 0.000000185. The highest BCUT2D eigenvalue weighted by Gasteiger charge is 2.35. The standard InChI is InChI=1S/C19H24BN3O4.C14H16BN3O2.C10H18O5.BrH/c1-19(2,3)26-18(24)23-8-5-12(6-9-23)14-10-20(25)27-15-11-22-17-13(16(14)15)4-7-21-17;19-15-7-11(9-1-4-16-5-2-9)13-10-3-6-17-14(10)18-8-12(13)20-15;1-9(2,3)14-7(11)13-8(12)15-10(4,5)6;/h4,7,10-12,25H,5-6,8-9H2,1-3H3,(H,21,22);3,6-9,16,19H,1-2,4-5H2,(H,17,18);1-6H3;1H. The lowest BCUT2D eigenvalue weighted by Gasteiger charge is -2.35. The molecule has 4 aliphatic heterocycles. The van der Waals surface area contributed by atoms with Gasteiger partial charge in [-0.3, -0.25) is 0 Å². The van der Waals surface area contributed by atoms with Gasteiger partial charge in [-0.15, -0.1) is 17.0 Å². The molecule has 2 fully saturated rings. The number of halogens is 1. The molecule has 5 N–H and O–H groups in total. The first-order valence-corrected chi connectivity index (χ1v) is 21.0. The number of carbonyl (C=O) groups excluding carboxylic acids is 3. The molecule has 0 unspecified atom stereocenters. The van der Waals surface area contributed by atoms with Crippen LogP contribution in [0.5, 0.6) is 11.5 Å². The maximum Gasteiger partial charge on any atom is 0.552 e. The fourth-order valence-electron chi connectivity index (χ4n) is 7.68. The number of hydrogen-bond acceptors (Lipinski definition) is 14. The van der Waals surface area contributed by atoms with E-state index in [9.17, 15) is 24.4 Å². The molecule has 0 spiro atoms. The van der Waals surface area contributed by atoms with Crippen molar-refractivity contribution in [2.45, 2.75) is 105 Å². The van der Waals surface area contributed by atoms with Gasteiger partial charge >= 0.3 is 32.6 Å². The highest BCUT2D eigenvalue weighted by Crippen LogP contribution is 2.43. The normalized spacial score (nSPS) is 16.8. The summed E-state index contributed by atoms with van der Waals surface area (Å²) in [6.45, 7) is 18.9. The zero-order chi connectivity index (χ0) is 45.0. The summed E-state index contributed by atoms with van der Waals surface area (Å²) in [6, 6.07) is 4.00. The summed E-state index contributed by atoms with van der Waals surface area (Å²) < 4.78 is 30.4. The van der Waals surface area contributed by atoms with Crippen molar-refractivity contribution in [1.82, 2.24) is 30.2 Å². The van der Waals surface area contributed by atoms with Gasteiger partial charge in [0.1, 0.15) is 39.6 Å². The Morgan fingerprint density at radius 2 is 1.10 bits per heavy atom. The lowest BCUT2D eigenvalue weighted by atomic mass is 9.74. The smallest absolute Gasteiger partial charge is 0.531 e. The van der Waals surface area contributed by atoms with Crippen LogP contribution >= 0.6 is 17.0 Å². The van der Waals surface area contributed by atoms with Gasteiger partial charge in [-0.2, -0.15) is 0 Å². The second-order valence-electron chi connectivity index (χ2n) is 18.5. The average molecular weight is 938 g/mol. The van der Waals surface area contributed by atoms with E-state index in [1.807, 2.05) is 51.3 Å². The van der Waals surface area contributed by atoms with E-state index in [4.69, 9.17) is 23.5 Å². The molecule has 0 aliphatic carbocycles. The molecule has 0 radical (unpaired) electrons. The van der Waals surface area contributed by atoms with Gasteiger partial charge in [0.15, 0.2) is 0 Å². The van der Waals surface area contributed by atoms with Crippen molar-refractivity contribution in [3.05, 3.63) is 60.0 Å². The predicted octanol–water partition coefficient (Wildman–Crippen LogP) is 7.81. The van der Waals surface area contributed by atoms with Crippen molar-refractivity contribution in [1.29, 1.82) is 0 Å². The summed E-state index contributed by atoms with van der Waals surface area (Å²) in [5.74, 6) is 5.62. The predicted molar refractivity (Wildman–Crippen MR) is 245 cm³/mol. The van der Waals surface area contributed by atoms with Gasteiger partial charge in [-0.1, -0.05) is 0 Å². The number of aromatic amines is 2. The molecule has 0 bridgehead atoms. The number of fused-ring (bicyclic) bond motifs is 6. The SMILES string of the molecule is Br.CC(C)(C)OC(=O)N1CCC(C2=CB(O)Oc3cnc4[nH]ccc4c32)CC1.CC(C)(C)OC(=O)OC(=O)OC(C)(C)C.OB1C=C(C2CCNCC2)c2c(cnc3[nH]ccc23)O1. The first-order valence-electron chi connectivity index (χ1n) is 21.0. The lowest BCUT2D eigenvalue weighted by Crippen LogP contribution is -2.42. The zero-order valence-electron chi connectivity index (χ0n) is 37.4. The summed E-state index contributed by atoms with van der Waals surface area (Å²) in [6.07, 6.45) is 8.52. The average Bonchev–Trinajstić information content (AvgIpc) is 3.86. The number of H-pyrrole nitrogens is 2. The van der Waals surface area contributed by atoms with Gasteiger partial charge in [0, 0.05) is 47.4 Å². The number of hydrogen-bond donors (Lipinski definition) is 5. The minimum Gasteiger partial charge on any atom is -0.531 e. The number of carbonyl (C=O) groups is 3. The number of amides is 1. The van der Waals surface area contributed by atoms with Crippen molar-refractivity contribution in [2.24, 2.45) is 11.8 Å². The molecule has 8 heterocycles. The number of rotatable bonds is 2. The monoisotopic (exact) mass is 936 g/mol. The molecule has 63 heavy (non-hydrogen) atoms. The Bertz CT molecular complexity index is 2270. The Morgan fingerprint density at radius 3 is 1.51 bits per heavy atom. The molecule has 0 aromatic carbocycles. The third-order valence-electron chi connectivity index (χ3n) is 10.1. The van der Waals surface area contributed by atoms with Crippen LogP contribution < -0.4 is 14.6 Å². The summed E-state index contributed by atoms with van der Waals surface area (Å²) in [7, 11) is -1.85. The highest BCUT2D eigenvalue weighted by atomic mass is 79.9. The van der Waals surface area contributed by atoms with Crippen LogP contribution in [0.25, 0.3) is 33.2 Å². The summed E-state index contributed by atoms with van der Waals surface area (Å²) in [5.41, 5.74) is 4.13. The lowest BCUT2D eigenvalue weighted by molar-refractivity contribution is -0.0294. The molecule has 1 amide bonds. The second-order valence-corrected chi connectivity index (χ2v) is 18.5. The van der Waals surface area contributed by atoms with E-state index in [0.29, 0.717) is 30.5 Å². The van der Waals surface area contributed by atoms with E-state index in [1.165, 1.54) is 5.57 Å². The van der Waals surface area contributed by atoms with E-state index in [1.54, 1.807) is 64.8 Å². The van der Waals surface area contributed by atoms with Crippen LogP contribution in [0.3, 0.4) is 0 Å². The summed E-state index contributed by atoms with van der Waals surface area (Å²) >= 11 is 0. The summed E-state index contributed by atoms with van der Waals surface area (Å²) in [4.78, 5) is 51.0. The Hall–Kier alpha value is -5.04. The summed E-state index contributed by atoms with van der Waals surface area (Å²) in [5, 5.41) is 25.5.